The molecule has 10 aromatic carbocycles. The topological polar surface area (TPSA) is 6.48 Å². The van der Waals surface area contributed by atoms with Crippen LogP contribution in [0.15, 0.2) is 214 Å². The molecular formula is C61H44N2S2. The number of hydrogen-bond donors (Lipinski definition) is 0. The zero-order chi connectivity index (χ0) is 43.6. The Balaban J connectivity index is 1.14. The van der Waals surface area contributed by atoms with E-state index in [0.717, 1.165) is 11.4 Å². The average Bonchev–Trinajstić information content (AvgIpc) is 3.57. The Morgan fingerprint density at radius 1 is 0.354 bits per heavy atom. The maximum atomic E-state index is 2.51. The standard InChI is InChI=1S/C61H44N2S2/c1-37-25-26-39(33-38(37)2)59-45-31-28-42(63-53-19-9-13-23-57(53)65-58-24-14-10-20-54(58)63)36-48(45)60(40-27-30-44-43-15-5-6-16-49(43)61(3,4)50(44)34-40)46-32-29-41(35-47(46)59)62-51-17-7-11-21-55(51)64-56-22-12-8-18-52(56)62/h5-36H,1-4H3. The van der Waals surface area contributed by atoms with Crippen molar-refractivity contribution in [1.82, 2.24) is 0 Å². The van der Waals surface area contributed by atoms with Crippen molar-refractivity contribution in [2.75, 3.05) is 9.80 Å². The van der Waals surface area contributed by atoms with Crippen molar-refractivity contribution in [1.29, 1.82) is 0 Å². The summed E-state index contributed by atoms with van der Waals surface area (Å²) in [5, 5.41) is 4.95. The third kappa shape index (κ3) is 5.83. The van der Waals surface area contributed by atoms with Crippen LogP contribution in [0.3, 0.4) is 0 Å². The highest BCUT2D eigenvalue weighted by Gasteiger charge is 2.36. The lowest BCUT2D eigenvalue weighted by atomic mass is 9.80. The molecule has 2 heterocycles. The van der Waals surface area contributed by atoms with Crippen LogP contribution in [0.25, 0.3) is 54.9 Å². The molecule has 0 unspecified atom stereocenters. The van der Waals surface area contributed by atoms with E-state index in [-0.39, 0.29) is 5.41 Å². The minimum Gasteiger partial charge on any atom is -0.308 e. The Morgan fingerprint density at radius 2 is 0.785 bits per heavy atom. The highest BCUT2D eigenvalue weighted by Crippen LogP contribution is 2.56. The number of para-hydroxylation sites is 4. The van der Waals surface area contributed by atoms with Gasteiger partial charge in [0.25, 0.3) is 0 Å². The first-order valence-electron chi connectivity index (χ1n) is 22.5. The predicted octanol–water partition coefficient (Wildman–Crippen LogP) is 18.1. The van der Waals surface area contributed by atoms with Crippen LogP contribution in [0.2, 0.25) is 0 Å². The molecule has 0 amide bonds. The fraction of sp³-hybridized carbons (Fsp3) is 0.0820. The van der Waals surface area contributed by atoms with E-state index in [4.69, 9.17) is 0 Å². The van der Waals surface area contributed by atoms with E-state index in [9.17, 15) is 0 Å². The molecule has 2 aliphatic heterocycles. The van der Waals surface area contributed by atoms with Crippen LogP contribution in [0.5, 0.6) is 0 Å². The van der Waals surface area contributed by atoms with Gasteiger partial charge in [-0.15, -0.1) is 0 Å². The van der Waals surface area contributed by atoms with Crippen molar-refractivity contribution < 1.29 is 0 Å². The van der Waals surface area contributed by atoms with E-state index in [0.29, 0.717) is 0 Å². The van der Waals surface area contributed by atoms with E-state index in [1.54, 1.807) is 0 Å². The maximum absolute atomic E-state index is 2.51. The summed E-state index contributed by atoms with van der Waals surface area (Å²) in [6, 6.07) is 73.1. The SMILES string of the molecule is Cc1ccc(-c2c3ccc(N4c5ccccc5Sc5ccccc54)cc3c(-c3ccc4c(c3)C(C)(C)c3ccccc3-4)c3ccc(N4c5ccccc5Sc5ccccc54)cc23)cc1C. The van der Waals surface area contributed by atoms with E-state index in [1.165, 1.54) is 120 Å². The number of anilines is 6. The first-order valence-corrected chi connectivity index (χ1v) is 24.1. The van der Waals surface area contributed by atoms with E-state index in [2.05, 4.69) is 232 Å². The molecule has 65 heavy (non-hydrogen) atoms. The smallest absolute Gasteiger partial charge is 0.0601 e. The lowest BCUT2D eigenvalue weighted by molar-refractivity contribution is 0.660. The largest absolute Gasteiger partial charge is 0.308 e. The second-order valence-corrected chi connectivity index (χ2v) is 20.4. The molecule has 0 saturated carbocycles. The van der Waals surface area contributed by atoms with Crippen molar-refractivity contribution in [3.8, 4) is 33.4 Å². The van der Waals surface area contributed by atoms with Crippen molar-refractivity contribution >= 4 is 79.2 Å². The van der Waals surface area contributed by atoms with Crippen LogP contribution in [-0.2, 0) is 5.41 Å². The monoisotopic (exact) mass is 868 g/mol. The van der Waals surface area contributed by atoms with Gasteiger partial charge in [0, 0.05) is 36.4 Å². The van der Waals surface area contributed by atoms with E-state index >= 15 is 0 Å². The fourth-order valence-electron chi connectivity index (χ4n) is 10.8. The van der Waals surface area contributed by atoms with Gasteiger partial charge in [-0.05, 0) is 170 Å². The maximum Gasteiger partial charge on any atom is 0.0601 e. The van der Waals surface area contributed by atoms with Gasteiger partial charge in [0.05, 0.1) is 22.7 Å². The highest BCUT2D eigenvalue weighted by molar-refractivity contribution is 8.00. The van der Waals surface area contributed by atoms with Crippen LogP contribution >= 0.6 is 23.5 Å². The average molecular weight is 869 g/mol. The Hall–Kier alpha value is -6.98. The summed E-state index contributed by atoms with van der Waals surface area (Å²) in [5.74, 6) is 0. The molecular weight excluding hydrogens is 825 g/mol. The fourth-order valence-corrected chi connectivity index (χ4v) is 12.9. The van der Waals surface area contributed by atoms with Gasteiger partial charge in [-0.2, -0.15) is 0 Å². The van der Waals surface area contributed by atoms with Gasteiger partial charge in [0.1, 0.15) is 0 Å². The second-order valence-electron chi connectivity index (χ2n) is 18.2. The van der Waals surface area contributed by atoms with Crippen molar-refractivity contribution in [2.24, 2.45) is 0 Å². The molecule has 10 aromatic rings. The minimum absolute atomic E-state index is 0.142. The highest BCUT2D eigenvalue weighted by atomic mass is 32.2. The molecule has 0 fully saturated rings. The predicted molar refractivity (Wildman–Crippen MR) is 277 cm³/mol. The van der Waals surface area contributed by atoms with Gasteiger partial charge in [-0.1, -0.05) is 153 Å². The molecule has 13 rings (SSSR count). The van der Waals surface area contributed by atoms with Gasteiger partial charge in [-0.3, -0.25) is 0 Å². The summed E-state index contributed by atoms with van der Waals surface area (Å²) in [4.78, 5) is 9.97. The lowest BCUT2D eigenvalue weighted by Gasteiger charge is -2.34. The summed E-state index contributed by atoms with van der Waals surface area (Å²) >= 11 is 3.70. The minimum atomic E-state index is -0.142. The number of nitrogens with zero attached hydrogens (tertiary/aromatic N) is 2. The molecule has 0 atom stereocenters. The molecule has 0 saturated heterocycles. The zero-order valence-corrected chi connectivity index (χ0v) is 38.3. The van der Waals surface area contributed by atoms with Gasteiger partial charge >= 0.3 is 0 Å². The molecule has 4 heteroatoms. The first kappa shape index (κ1) is 38.5. The van der Waals surface area contributed by atoms with E-state index < -0.39 is 0 Å². The van der Waals surface area contributed by atoms with Crippen LogP contribution < -0.4 is 9.80 Å². The molecule has 0 aromatic heterocycles. The second kappa shape index (κ2) is 14.5. The third-order valence-corrected chi connectivity index (χ3v) is 16.4. The number of hydrogen-bond acceptors (Lipinski definition) is 4. The zero-order valence-electron chi connectivity index (χ0n) is 36.7. The third-order valence-electron chi connectivity index (χ3n) is 14.1. The lowest BCUT2D eigenvalue weighted by Crippen LogP contribution is -2.15. The quantitative estimate of drug-likeness (QED) is 0.163. The summed E-state index contributed by atoms with van der Waals surface area (Å²) in [5.41, 5.74) is 20.0. The summed E-state index contributed by atoms with van der Waals surface area (Å²) in [6.45, 7) is 9.24. The van der Waals surface area contributed by atoms with Crippen molar-refractivity contribution in [2.45, 2.75) is 52.7 Å². The van der Waals surface area contributed by atoms with Gasteiger partial charge in [0.2, 0.25) is 0 Å². The number of rotatable bonds is 4. The number of benzene rings is 10. The summed E-state index contributed by atoms with van der Waals surface area (Å²) in [7, 11) is 0. The van der Waals surface area contributed by atoms with Crippen molar-refractivity contribution in [3.05, 3.63) is 216 Å². The van der Waals surface area contributed by atoms with Gasteiger partial charge in [0.15, 0.2) is 0 Å². The van der Waals surface area contributed by atoms with Gasteiger partial charge in [-0.25, -0.2) is 0 Å². The summed E-state index contributed by atoms with van der Waals surface area (Å²) < 4.78 is 0. The Kier molecular flexibility index (Phi) is 8.59. The Morgan fingerprint density at radius 3 is 1.29 bits per heavy atom. The van der Waals surface area contributed by atoms with Crippen molar-refractivity contribution in [3.63, 3.8) is 0 Å². The van der Waals surface area contributed by atoms with Gasteiger partial charge < -0.3 is 9.80 Å². The molecule has 2 nitrogen and oxygen atoms in total. The number of aryl methyl sites for hydroxylation is 2. The van der Waals surface area contributed by atoms with E-state index in [1.807, 2.05) is 23.5 Å². The molecule has 310 valence electrons. The summed E-state index contributed by atoms with van der Waals surface area (Å²) in [6.07, 6.45) is 0. The molecule has 1 aliphatic carbocycles. The normalized spacial score (nSPS) is 14.1. The Labute approximate surface area is 389 Å². The Bertz CT molecular complexity index is 3550. The van der Waals surface area contributed by atoms with Crippen LogP contribution in [0.1, 0.15) is 36.1 Å². The first-order chi connectivity index (χ1) is 31.8. The molecule has 0 N–H and O–H groups in total. The van der Waals surface area contributed by atoms with Crippen LogP contribution in [0.4, 0.5) is 34.1 Å². The molecule has 0 radical (unpaired) electrons. The molecule has 0 bridgehead atoms. The molecule has 0 spiro atoms. The molecule has 3 aliphatic rings. The van der Waals surface area contributed by atoms with Crippen LogP contribution in [-0.4, -0.2) is 0 Å². The van der Waals surface area contributed by atoms with Crippen LogP contribution in [0, 0.1) is 13.8 Å². The number of fused-ring (bicyclic) bond motifs is 9.